The second-order valence-electron chi connectivity index (χ2n) is 7.61. The van der Waals surface area contributed by atoms with Crippen LogP contribution in [0.4, 0.5) is 4.79 Å². The van der Waals surface area contributed by atoms with Crippen LogP contribution < -0.4 is 5.32 Å². The van der Waals surface area contributed by atoms with Gasteiger partial charge in [0.25, 0.3) is 0 Å². The highest BCUT2D eigenvalue weighted by Crippen LogP contribution is 2.15. The molecule has 0 unspecified atom stereocenters. The first-order valence-electron chi connectivity index (χ1n) is 11.1. The summed E-state index contributed by atoms with van der Waals surface area (Å²) in [6, 6.07) is 9.58. The van der Waals surface area contributed by atoms with Crippen LogP contribution in [0.2, 0.25) is 0 Å². The molecule has 1 amide bonds. The maximum Gasteiger partial charge on any atom is 0.410 e. The first-order valence-corrected chi connectivity index (χ1v) is 11.1. The van der Waals surface area contributed by atoms with Gasteiger partial charge >= 0.3 is 6.09 Å². The highest BCUT2D eigenvalue weighted by molar-refractivity contribution is 5.67. The smallest absolute Gasteiger partial charge is 0.410 e. The van der Waals surface area contributed by atoms with Crippen LogP contribution in [0, 0.1) is 0 Å². The van der Waals surface area contributed by atoms with E-state index in [9.17, 15) is 15.0 Å². The van der Waals surface area contributed by atoms with Crippen LogP contribution in [-0.2, 0) is 20.8 Å². The van der Waals surface area contributed by atoms with Gasteiger partial charge in [0.2, 0.25) is 0 Å². The van der Waals surface area contributed by atoms with Crippen LogP contribution in [0.25, 0.3) is 0 Å². The summed E-state index contributed by atoms with van der Waals surface area (Å²) in [5, 5.41) is 29.4. The molecule has 2 aliphatic heterocycles. The van der Waals surface area contributed by atoms with Crippen molar-refractivity contribution in [1.29, 1.82) is 0 Å². The number of aliphatic hydroxyl groups is 3. The fourth-order valence-corrected chi connectivity index (χ4v) is 3.60. The van der Waals surface area contributed by atoms with Gasteiger partial charge in [0.05, 0.1) is 24.4 Å². The first-order chi connectivity index (χ1) is 15.5. The summed E-state index contributed by atoms with van der Waals surface area (Å²) in [6.45, 7) is 3.17. The number of hydrogen-bond acceptors (Lipinski definition) is 8. The number of methoxy groups -OCH3 is 2. The number of carbonyl (C=O) groups is 1. The Balaban J connectivity index is 0. The zero-order valence-electron chi connectivity index (χ0n) is 19.5. The maximum absolute atomic E-state index is 12.0. The van der Waals surface area contributed by atoms with Gasteiger partial charge in [0.1, 0.15) is 6.61 Å². The molecule has 0 radical (unpaired) electrons. The molecule has 2 saturated heterocycles. The van der Waals surface area contributed by atoms with Crippen molar-refractivity contribution in [1.82, 2.24) is 10.2 Å². The van der Waals surface area contributed by atoms with Gasteiger partial charge in [0, 0.05) is 34.4 Å². The van der Waals surface area contributed by atoms with Gasteiger partial charge in [-0.15, -0.1) is 0 Å². The average molecular weight is 489 g/mol. The molecule has 1 aromatic rings. The molecular formula is C25H48N2O7. The van der Waals surface area contributed by atoms with Gasteiger partial charge in [0.15, 0.2) is 0 Å². The van der Waals surface area contributed by atoms with Gasteiger partial charge in [-0.3, -0.25) is 0 Å². The number of hydrogen-bond donors (Lipinski definition) is 4. The molecular weight excluding hydrogens is 440 g/mol. The molecule has 2 heterocycles. The molecule has 2 aliphatic rings. The Morgan fingerprint density at radius 1 is 0.912 bits per heavy atom. The normalized spacial score (nSPS) is 24.2. The van der Waals surface area contributed by atoms with Crippen molar-refractivity contribution in [2.45, 2.75) is 71.6 Å². The fraction of sp³-hybridized carbons (Fsp3) is 0.720. The monoisotopic (exact) mass is 488 g/mol. The minimum atomic E-state index is -0.521. The van der Waals surface area contributed by atoms with Gasteiger partial charge in [-0.25, -0.2) is 4.79 Å². The lowest BCUT2D eigenvalue weighted by atomic mass is 10.1. The summed E-state index contributed by atoms with van der Waals surface area (Å²) in [7, 11) is 4.23. The number of aliphatic hydroxyl groups excluding tert-OH is 3. The molecule has 0 aliphatic carbocycles. The highest BCUT2D eigenvalue weighted by atomic mass is 16.6. The summed E-state index contributed by atoms with van der Waals surface area (Å²) < 4.78 is 15.6. The van der Waals surface area contributed by atoms with Crippen molar-refractivity contribution in [3.63, 3.8) is 0 Å². The third kappa shape index (κ3) is 12.6. The second kappa shape index (κ2) is 20.6. The summed E-state index contributed by atoms with van der Waals surface area (Å²) in [5.41, 5.74) is 0.963. The van der Waals surface area contributed by atoms with Gasteiger partial charge in [-0.2, -0.15) is 0 Å². The molecule has 9 heteroatoms. The number of nitrogens with zero attached hydrogens (tertiary/aromatic N) is 1. The van der Waals surface area contributed by atoms with Crippen LogP contribution in [0.15, 0.2) is 30.3 Å². The van der Waals surface area contributed by atoms with E-state index >= 15 is 0 Å². The molecule has 3 rings (SSSR count). The topological polar surface area (TPSA) is 121 Å². The molecule has 2 fully saturated rings. The summed E-state index contributed by atoms with van der Waals surface area (Å²) in [5.74, 6) is 0. The average Bonchev–Trinajstić information content (AvgIpc) is 3.16. The third-order valence-electron chi connectivity index (χ3n) is 5.53. The van der Waals surface area contributed by atoms with E-state index in [0.717, 1.165) is 38.6 Å². The van der Waals surface area contributed by atoms with Gasteiger partial charge in [-0.05, 0) is 44.3 Å². The quantitative estimate of drug-likeness (QED) is 0.510. The number of ether oxygens (including phenoxy) is 3. The van der Waals surface area contributed by atoms with E-state index in [0.29, 0.717) is 25.9 Å². The van der Waals surface area contributed by atoms with Crippen LogP contribution in [0.3, 0.4) is 0 Å². The Morgan fingerprint density at radius 2 is 1.44 bits per heavy atom. The number of likely N-dealkylation sites (tertiary alicyclic amines) is 1. The molecule has 0 saturated carbocycles. The minimum Gasteiger partial charge on any atom is -0.445 e. The SMILES string of the molecule is C.C.CO.CO[C@H]1CCN(C(=O)OCc2ccccc2)CC[C@@H]1O.CO[C@H]1CCNCC[C@@H]1O. The molecule has 4 N–H and O–H groups in total. The summed E-state index contributed by atoms with van der Waals surface area (Å²) >= 11 is 0. The molecule has 0 aromatic heterocycles. The van der Waals surface area contributed by atoms with Crippen molar-refractivity contribution < 1.29 is 34.3 Å². The van der Waals surface area contributed by atoms with Crippen LogP contribution in [0.1, 0.15) is 46.1 Å². The molecule has 0 bridgehead atoms. The van der Waals surface area contributed by atoms with Crippen molar-refractivity contribution in [2.24, 2.45) is 0 Å². The summed E-state index contributed by atoms with van der Waals surface area (Å²) in [6.07, 6.45) is 1.55. The highest BCUT2D eigenvalue weighted by Gasteiger charge is 2.27. The lowest BCUT2D eigenvalue weighted by Gasteiger charge is -2.19. The van der Waals surface area contributed by atoms with E-state index in [-0.39, 0.29) is 45.9 Å². The third-order valence-corrected chi connectivity index (χ3v) is 5.53. The second-order valence-corrected chi connectivity index (χ2v) is 7.61. The Kier molecular flexibility index (Phi) is 20.9. The van der Waals surface area contributed by atoms with E-state index < -0.39 is 6.10 Å². The van der Waals surface area contributed by atoms with E-state index in [4.69, 9.17) is 19.3 Å². The van der Waals surface area contributed by atoms with Crippen molar-refractivity contribution in [3.05, 3.63) is 35.9 Å². The predicted molar refractivity (Wildman–Crippen MR) is 135 cm³/mol. The summed E-state index contributed by atoms with van der Waals surface area (Å²) in [4.78, 5) is 13.6. The Labute approximate surface area is 206 Å². The predicted octanol–water partition coefficient (Wildman–Crippen LogP) is 2.42. The van der Waals surface area contributed by atoms with Crippen molar-refractivity contribution in [2.75, 3.05) is 47.5 Å². The maximum atomic E-state index is 12.0. The molecule has 34 heavy (non-hydrogen) atoms. The molecule has 200 valence electrons. The van der Waals surface area contributed by atoms with Crippen molar-refractivity contribution >= 4 is 6.09 Å². The van der Waals surface area contributed by atoms with E-state index in [1.54, 1.807) is 19.1 Å². The fourth-order valence-electron chi connectivity index (χ4n) is 3.60. The number of benzene rings is 1. The lowest BCUT2D eigenvalue weighted by Crippen LogP contribution is -2.32. The number of carbonyl (C=O) groups excluding carboxylic acids is 1. The Bertz CT molecular complexity index is 606. The standard InChI is InChI=1S/C15H21NO4.C7H15NO2.CH4O.2CH4/c1-19-14-8-10-16(9-7-13(14)17)15(18)20-11-12-5-3-2-4-6-12;1-10-7-3-5-8-4-2-6(7)9;1-2;;/h2-6,13-14,17H,7-11H2,1H3;6-9H,2-5H2,1H3;2H,1H3;2*1H4/t13-,14-;6-,7-;;;/m00.../s1. The number of rotatable bonds is 4. The molecule has 0 spiro atoms. The lowest BCUT2D eigenvalue weighted by molar-refractivity contribution is -0.0122. The Hall–Kier alpha value is -1.75. The van der Waals surface area contributed by atoms with Gasteiger partial charge in [-0.1, -0.05) is 45.2 Å². The number of nitrogens with one attached hydrogen (secondary N) is 1. The Morgan fingerprint density at radius 3 is 2.06 bits per heavy atom. The van der Waals surface area contributed by atoms with Crippen molar-refractivity contribution in [3.8, 4) is 0 Å². The minimum absolute atomic E-state index is 0. The van der Waals surface area contributed by atoms with E-state index in [2.05, 4.69) is 5.32 Å². The van der Waals surface area contributed by atoms with Crippen LogP contribution in [0.5, 0.6) is 0 Å². The molecule has 1 aromatic carbocycles. The zero-order chi connectivity index (χ0) is 23.8. The van der Waals surface area contributed by atoms with Crippen LogP contribution >= 0.6 is 0 Å². The van der Waals surface area contributed by atoms with Crippen LogP contribution in [-0.4, -0.2) is 98.2 Å². The number of amides is 1. The van der Waals surface area contributed by atoms with E-state index in [1.807, 2.05) is 30.3 Å². The molecule has 9 nitrogen and oxygen atoms in total. The van der Waals surface area contributed by atoms with E-state index in [1.165, 1.54) is 0 Å². The zero-order valence-corrected chi connectivity index (χ0v) is 19.5. The largest absolute Gasteiger partial charge is 0.445 e. The first kappa shape index (κ1) is 34.4. The molecule has 4 atom stereocenters. The van der Waals surface area contributed by atoms with Gasteiger partial charge < -0.3 is 39.7 Å².